The molecule has 1 N–H and O–H groups in total. The quantitative estimate of drug-likeness (QED) is 0.796. The number of anilines is 2. The number of nitrogens with zero attached hydrogens (tertiary/aromatic N) is 1. The van der Waals surface area contributed by atoms with Gasteiger partial charge >= 0.3 is 0 Å². The van der Waals surface area contributed by atoms with E-state index in [1.807, 2.05) is 44.2 Å². The van der Waals surface area contributed by atoms with Gasteiger partial charge in [0.15, 0.2) is 0 Å². The predicted molar refractivity (Wildman–Crippen MR) is 108 cm³/mol. The van der Waals surface area contributed by atoms with Crippen LogP contribution in [0, 0.1) is 13.8 Å². The zero-order valence-electron chi connectivity index (χ0n) is 15.9. The fourth-order valence-corrected chi connectivity index (χ4v) is 3.32. The van der Waals surface area contributed by atoms with Gasteiger partial charge in [0.1, 0.15) is 6.54 Å². The lowest BCUT2D eigenvalue weighted by Gasteiger charge is -2.24. The number of hydrogen-bond donors (Lipinski definition) is 1. The number of aryl methyl sites for hydroxylation is 2. The summed E-state index contributed by atoms with van der Waals surface area (Å²) in [4.78, 5) is 26.0. The lowest BCUT2D eigenvalue weighted by Crippen LogP contribution is -2.37. The molecule has 5 heteroatoms. The Balaban J connectivity index is 2.18. The molecule has 0 aromatic heterocycles. The van der Waals surface area contributed by atoms with Crippen LogP contribution >= 0.6 is 11.6 Å². The molecule has 0 radical (unpaired) electrons. The topological polar surface area (TPSA) is 49.4 Å². The number of carbonyl (C=O) groups excluding carboxylic acids is 2. The van der Waals surface area contributed by atoms with Crippen molar-refractivity contribution in [3.05, 3.63) is 58.1 Å². The van der Waals surface area contributed by atoms with Crippen LogP contribution in [0.15, 0.2) is 36.4 Å². The number of nitrogens with one attached hydrogen (secondary N) is 1. The van der Waals surface area contributed by atoms with Gasteiger partial charge in [-0.15, -0.1) is 0 Å². The highest BCUT2D eigenvalue weighted by Crippen LogP contribution is 2.31. The van der Waals surface area contributed by atoms with E-state index in [1.54, 1.807) is 6.07 Å². The molecule has 138 valence electrons. The third-order valence-corrected chi connectivity index (χ3v) is 4.50. The van der Waals surface area contributed by atoms with E-state index in [1.165, 1.54) is 17.4 Å². The molecule has 26 heavy (non-hydrogen) atoms. The van der Waals surface area contributed by atoms with Crippen LogP contribution in [0.25, 0.3) is 0 Å². The second-order valence-electron chi connectivity index (χ2n) is 6.84. The van der Waals surface area contributed by atoms with Gasteiger partial charge < -0.3 is 10.2 Å². The number of benzene rings is 2. The number of halogens is 1. The largest absolute Gasteiger partial charge is 0.325 e. The van der Waals surface area contributed by atoms with Gasteiger partial charge in [0.2, 0.25) is 11.8 Å². The predicted octanol–water partition coefficient (Wildman–Crippen LogP) is 5.07. The van der Waals surface area contributed by atoms with Crippen molar-refractivity contribution in [1.82, 2.24) is 0 Å². The zero-order valence-corrected chi connectivity index (χ0v) is 16.6. The second kappa shape index (κ2) is 8.37. The molecule has 0 heterocycles. The van der Waals surface area contributed by atoms with Gasteiger partial charge in [0.25, 0.3) is 0 Å². The number of carbonyl (C=O) groups is 2. The van der Waals surface area contributed by atoms with E-state index >= 15 is 0 Å². The van der Waals surface area contributed by atoms with E-state index in [4.69, 9.17) is 11.6 Å². The maximum absolute atomic E-state index is 12.5. The summed E-state index contributed by atoms with van der Waals surface area (Å²) in [5.74, 6) is -0.0719. The van der Waals surface area contributed by atoms with E-state index in [0.29, 0.717) is 22.3 Å². The molecule has 2 amide bonds. The lowest BCUT2D eigenvalue weighted by atomic mass is 10.0. The Morgan fingerprint density at radius 1 is 1.12 bits per heavy atom. The molecular weight excluding hydrogens is 348 g/mol. The van der Waals surface area contributed by atoms with Crippen molar-refractivity contribution in [3.63, 3.8) is 0 Å². The molecular formula is C21H25ClN2O2. The summed E-state index contributed by atoms with van der Waals surface area (Å²) in [6, 6.07) is 11.5. The smallest absolute Gasteiger partial charge is 0.244 e. The molecule has 0 atom stereocenters. The van der Waals surface area contributed by atoms with Gasteiger partial charge in [-0.3, -0.25) is 9.59 Å². The Labute approximate surface area is 160 Å². The van der Waals surface area contributed by atoms with Crippen molar-refractivity contribution in [1.29, 1.82) is 0 Å². The van der Waals surface area contributed by atoms with Crippen LogP contribution in [0.2, 0.25) is 5.02 Å². The Morgan fingerprint density at radius 2 is 1.73 bits per heavy atom. The number of rotatable bonds is 5. The first-order valence-corrected chi connectivity index (χ1v) is 9.01. The standard InChI is InChI=1S/C21H25ClN2O2/c1-13(2)17-6-8-18(9-7-17)23-20(26)12-24(16(5)25)21-15(4)10-14(3)11-19(21)22/h6-11,13H,12H2,1-5H3,(H,23,26). The van der Waals surface area contributed by atoms with Crippen molar-refractivity contribution in [2.75, 3.05) is 16.8 Å². The summed E-state index contributed by atoms with van der Waals surface area (Å²) in [5, 5.41) is 3.30. The van der Waals surface area contributed by atoms with E-state index < -0.39 is 0 Å². The van der Waals surface area contributed by atoms with Crippen LogP contribution in [0.3, 0.4) is 0 Å². The average Bonchev–Trinajstić information content (AvgIpc) is 2.53. The van der Waals surface area contributed by atoms with Crippen LogP contribution in [0.1, 0.15) is 43.4 Å². The molecule has 2 aromatic carbocycles. The number of amides is 2. The SMILES string of the molecule is CC(=O)N(CC(=O)Nc1ccc(C(C)C)cc1)c1c(C)cc(C)cc1Cl. The molecule has 0 aliphatic carbocycles. The van der Waals surface area contributed by atoms with Crippen LogP contribution in [-0.2, 0) is 9.59 Å². The first kappa shape index (κ1) is 20.0. The molecule has 0 spiro atoms. The molecule has 2 rings (SSSR count). The van der Waals surface area contributed by atoms with Crippen molar-refractivity contribution in [2.24, 2.45) is 0 Å². The average molecular weight is 373 g/mol. The Bertz CT molecular complexity index is 790. The molecule has 0 saturated carbocycles. The summed E-state index contributed by atoms with van der Waals surface area (Å²) in [7, 11) is 0. The minimum absolute atomic E-state index is 0.0924. The van der Waals surface area contributed by atoms with Gasteiger partial charge in [-0.2, -0.15) is 0 Å². The van der Waals surface area contributed by atoms with E-state index in [-0.39, 0.29) is 18.4 Å². The lowest BCUT2D eigenvalue weighted by molar-refractivity contribution is -0.120. The normalized spacial score (nSPS) is 10.7. The van der Waals surface area contributed by atoms with Crippen LogP contribution in [0.5, 0.6) is 0 Å². The Morgan fingerprint density at radius 3 is 2.23 bits per heavy atom. The summed E-state index contributed by atoms with van der Waals surface area (Å²) < 4.78 is 0. The highest BCUT2D eigenvalue weighted by molar-refractivity contribution is 6.34. The van der Waals surface area contributed by atoms with E-state index in [0.717, 1.165) is 11.1 Å². The van der Waals surface area contributed by atoms with Crippen molar-refractivity contribution in [3.8, 4) is 0 Å². The van der Waals surface area contributed by atoms with Gasteiger partial charge in [0, 0.05) is 12.6 Å². The van der Waals surface area contributed by atoms with Gasteiger partial charge in [-0.05, 0) is 54.7 Å². The van der Waals surface area contributed by atoms with E-state index in [2.05, 4.69) is 19.2 Å². The molecule has 0 aliphatic heterocycles. The summed E-state index contributed by atoms with van der Waals surface area (Å²) in [5.41, 5.74) is 4.36. The minimum Gasteiger partial charge on any atom is -0.325 e. The molecule has 2 aromatic rings. The van der Waals surface area contributed by atoms with Gasteiger partial charge in [-0.25, -0.2) is 0 Å². The maximum Gasteiger partial charge on any atom is 0.244 e. The van der Waals surface area contributed by atoms with Crippen molar-refractivity contribution < 1.29 is 9.59 Å². The molecule has 0 aliphatic rings. The zero-order chi connectivity index (χ0) is 19.4. The number of hydrogen-bond acceptors (Lipinski definition) is 2. The van der Waals surface area contributed by atoms with Gasteiger partial charge in [-0.1, -0.05) is 43.6 Å². The van der Waals surface area contributed by atoms with Crippen LogP contribution in [-0.4, -0.2) is 18.4 Å². The fraction of sp³-hybridized carbons (Fsp3) is 0.333. The molecule has 4 nitrogen and oxygen atoms in total. The first-order chi connectivity index (χ1) is 12.2. The second-order valence-corrected chi connectivity index (χ2v) is 7.25. The summed E-state index contributed by atoms with van der Waals surface area (Å²) in [6.45, 7) is 9.39. The highest BCUT2D eigenvalue weighted by atomic mass is 35.5. The van der Waals surface area contributed by atoms with Crippen molar-refractivity contribution in [2.45, 2.75) is 40.5 Å². The third kappa shape index (κ3) is 4.85. The van der Waals surface area contributed by atoms with Crippen molar-refractivity contribution >= 4 is 34.8 Å². The summed E-state index contributed by atoms with van der Waals surface area (Å²) in [6.07, 6.45) is 0. The van der Waals surface area contributed by atoms with Gasteiger partial charge in [0.05, 0.1) is 10.7 Å². The fourth-order valence-electron chi connectivity index (χ4n) is 2.89. The van der Waals surface area contributed by atoms with Crippen LogP contribution < -0.4 is 10.2 Å². The molecule has 0 bridgehead atoms. The third-order valence-electron chi connectivity index (χ3n) is 4.21. The highest BCUT2D eigenvalue weighted by Gasteiger charge is 2.20. The molecule has 0 fully saturated rings. The Kier molecular flexibility index (Phi) is 6.43. The minimum atomic E-state index is -0.270. The van der Waals surface area contributed by atoms with Crippen LogP contribution in [0.4, 0.5) is 11.4 Å². The first-order valence-electron chi connectivity index (χ1n) is 8.63. The monoisotopic (exact) mass is 372 g/mol. The molecule has 0 unspecified atom stereocenters. The molecule has 0 saturated heterocycles. The maximum atomic E-state index is 12.5. The Hall–Kier alpha value is -2.33. The summed E-state index contributed by atoms with van der Waals surface area (Å²) >= 11 is 6.34. The van der Waals surface area contributed by atoms with E-state index in [9.17, 15) is 9.59 Å².